The molecule has 0 aromatic heterocycles. The van der Waals surface area contributed by atoms with Crippen LogP contribution in [0, 0.1) is 5.92 Å². The zero-order valence-corrected chi connectivity index (χ0v) is 9.16. The first-order valence-electron chi connectivity index (χ1n) is 5.77. The predicted octanol–water partition coefficient (Wildman–Crippen LogP) is 0.523. The van der Waals surface area contributed by atoms with Crippen molar-refractivity contribution in [3.8, 4) is 0 Å². The highest BCUT2D eigenvalue weighted by Gasteiger charge is 2.39. The first kappa shape index (κ1) is 10.6. The summed E-state index contributed by atoms with van der Waals surface area (Å²) in [4.78, 5) is 25.0. The first-order valence-corrected chi connectivity index (χ1v) is 5.77. The number of nitrogens with one attached hydrogen (secondary N) is 1. The molecule has 2 heterocycles. The third kappa shape index (κ3) is 2.04. The molecule has 2 saturated heterocycles. The molecule has 0 radical (unpaired) electrons. The van der Waals surface area contributed by atoms with Crippen molar-refractivity contribution in [3.05, 3.63) is 0 Å². The molecule has 2 fully saturated rings. The summed E-state index contributed by atoms with van der Waals surface area (Å²) in [5.41, 5.74) is 0. The van der Waals surface area contributed by atoms with Gasteiger partial charge in [0.15, 0.2) is 0 Å². The maximum atomic E-state index is 11.8. The Hall–Kier alpha value is -0.900. The standard InChI is InChI=1S/C11H18N2O2/c1-8-6-10(14)13(11(8)15)9-4-2-3-5-12-7-9/h8-9,12H,2-7H2,1H3. The van der Waals surface area contributed by atoms with Crippen molar-refractivity contribution < 1.29 is 9.59 Å². The van der Waals surface area contributed by atoms with E-state index in [1.54, 1.807) is 0 Å². The van der Waals surface area contributed by atoms with E-state index in [0.29, 0.717) is 6.42 Å². The Labute approximate surface area is 90.0 Å². The molecular formula is C11H18N2O2. The molecule has 2 rings (SSSR count). The second-order valence-electron chi connectivity index (χ2n) is 4.56. The molecule has 0 bridgehead atoms. The normalized spacial score (nSPS) is 33.3. The summed E-state index contributed by atoms with van der Waals surface area (Å²) >= 11 is 0. The van der Waals surface area contributed by atoms with Crippen LogP contribution in [0.3, 0.4) is 0 Å². The average Bonchev–Trinajstić information content (AvgIpc) is 2.46. The Bertz CT molecular complexity index is 270. The molecule has 2 aliphatic rings. The number of carbonyl (C=O) groups is 2. The SMILES string of the molecule is CC1CC(=O)N(C2CCCCNC2)C1=O. The number of carbonyl (C=O) groups excluding carboxylic acids is 2. The van der Waals surface area contributed by atoms with E-state index in [2.05, 4.69) is 5.32 Å². The molecule has 2 amide bonds. The molecule has 4 heteroatoms. The number of imide groups is 1. The Kier molecular flexibility index (Phi) is 3.05. The van der Waals surface area contributed by atoms with Crippen LogP contribution in [-0.4, -0.2) is 35.8 Å². The summed E-state index contributed by atoms with van der Waals surface area (Å²) in [6, 6.07) is 0.0949. The molecule has 2 aliphatic heterocycles. The van der Waals surface area contributed by atoms with Gasteiger partial charge in [-0.15, -0.1) is 0 Å². The fraction of sp³-hybridized carbons (Fsp3) is 0.818. The fourth-order valence-electron chi connectivity index (χ4n) is 2.41. The number of rotatable bonds is 1. The summed E-state index contributed by atoms with van der Waals surface area (Å²) in [7, 11) is 0. The molecule has 0 aromatic carbocycles. The van der Waals surface area contributed by atoms with Gasteiger partial charge < -0.3 is 5.32 Å². The van der Waals surface area contributed by atoms with E-state index in [-0.39, 0.29) is 23.8 Å². The largest absolute Gasteiger partial charge is 0.315 e. The van der Waals surface area contributed by atoms with E-state index in [9.17, 15) is 9.59 Å². The molecule has 0 aliphatic carbocycles. The van der Waals surface area contributed by atoms with Gasteiger partial charge in [-0.25, -0.2) is 0 Å². The van der Waals surface area contributed by atoms with Crippen molar-refractivity contribution in [1.29, 1.82) is 0 Å². The maximum absolute atomic E-state index is 11.8. The van der Waals surface area contributed by atoms with E-state index in [1.165, 1.54) is 4.90 Å². The van der Waals surface area contributed by atoms with Crippen molar-refractivity contribution in [3.63, 3.8) is 0 Å². The molecule has 0 aromatic rings. The van der Waals surface area contributed by atoms with E-state index < -0.39 is 0 Å². The summed E-state index contributed by atoms with van der Waals surface area (Å²) in [5, 5.41) is 3.28. The Morgan fingerprint density at radius 3 is 2.80 bits per heavy atom. The average molecular weight is 210 g/mol. The van der Waals surface area contributed by atoms with Crippen molar-refractivity contribution in [1.82, 2.24) is 10.2 Å². The molecule has 2 unspecified atom stereocenters. The van der Waals surface area contributed by atoms with Crippen LogP contribution in [0.5, 0.6) is 0 Å². The summed E-state index contributed by atoms with van der Waals surface area (Å²) in [5.74, 6) is -0.0735. The van der Waals surface area contributed by atoms with Gasteiger partial charge in [0.2, 0.25) is 11.8 Å². The molecule has 2 atom stereocenters. The molecule has 15 heavy (non-hydrogen) atoms. The quantitative estimate of drug-likeness (QED) is 0.642. The number of hydrogen-bond donors (Lipinski definition) is 1. The van der Waals surface area contributed by atoms with E-state index in [4.69, 9.17) is 0 Å². The molecular weight excluding hydrogens is 192 g/mol. The predicted molar refractivity (Wildman–Crippen MR) is 56.1 cm³/mol. The van der Waals surface area contributed by atoms with Gasteiger partial charge in [-0.05, 0) is 19.4 Å². The second-order valence-corrected chi connectivity index (χ2v) is 4.56. The summed E-state index contributed by atoms with van der Waals surface area (Å²) < 4.78 is 0. The van der Waals surface area contributed by atoms with Crippen LogP contribution in [-0.2, 0) is 9.59 Å². The molecule has 4 nitrogen and oxygen atoms in total. The maximum Gasteiger partial charge on any atom is 0.232 e. The number of likely N-dealkylation sites (tertiary alicyclic amines) is 1. The van der Waals surface area contributed by atoms with Crippen molar-refractivity contribution in [2.75, 3.05) is 13.1 Å². The zero-order chi connectivity index (χ0) is 10.8. The second kappa shape index (κ2) is 4.31. The van der Waals surface area contributed by atoms with Crippen LogP contribution in [0.25, 0.3) is 0 Å². The van der Waals surface area contributed by atoms with Gasteiger partial charge in [0.1, 0.15) is 0 Å². The lowest BCUT2D eigenvalue weighted by atomic mass is 10.1. The van der Waals surface area contributed by atoms with Crippen molar-refractivity contribution in [2.45, 2.75) is 38.6 Å². The van der Waals surface area contributed by atoms with Gasteiger partial charge in [-0.2, -0.15) is 0 Å². The first-order chi connectivity index (χ1) is 7.20. The minimum Gasteiger partial charge on any atom is -0.315 e. The number of amides is 2. The molecule has 0 spiro atoms. The van der Waals surface area contributed by atoms with Gasteiger partial charge >= 0.3 is 0 Å². The van der Waals surface area contributed by atoms with Crippen LogP contribution in [0.15, 0.2) is 0 Å². The smallest absolute Gasteiger partial charge is 0.232 e. The third-order valence-electron chi connectivity index (χ3n) is 3.29. The van der Waals surface area contributed by atoms with Gasteiger partial charge in [0.05, 0.1) is 6.04 Å². The minimum absolute atomic E-state index is 0.0150. The van der Waals surface area contributed by atoms with E-state index in [0.717, 1.165) is 32.4 Å². The van der Waals surface area contributed by atoms with Gasteiger partial charge in [0.25, 0.3) is 0 Å². The van der Waals surface area contributed by atoms with Gasteiger partial charge in [-0.1, -0.05) is 13.3 Å². The van der Waals surface area contributed by atoms with Crippen LogP contribution in [0.2, 0.25) is 0 Å². The fourth-order valence-corrected chi connectivity index (χ4v) is 2.41. The lowest BCUT2D eigenvalue weighted by Gasteiger charge is -2.25. The Morgan fingerprint density at radius 2 is 2.13 bits per heavy atom. The van der Waals surface area contributed by atoms with Crippen LogP contribution >= 0.6 is 0 Å². The van der Waals surface area contributed by atoms with Crippen molar-refractivity contribution >= 4 is 11.8 Å². The van der Waals surface area contributed by atoms with Crippen LogP contribution in [0.1, 0.15) is 32.6 Å². The lowest BCUT2D eigenvalue weighted by Crippen LogP contribution is -2.44. The molecule has 0 saturated carbocycles. The van der Waals surface area contributed by atoms with Crippen LogP contribution in [0.4, 0.5) is 0 Å². The minimum atomic E-state index is -0.110. The van der Waals surface area contributed by atoms with Gasteiger partial charge in [-0.3, -0.25) is 14.5 Å². The Morgan fingerprint density at radius 1 is 1.33 bits per heavy atom. The zero-order valence-electron chi connectivity index (χ0n) is 9.16. The van der Waals surface area contributed by atoms with Crippen LogP contribution < -0.4 is 5.32 Å². The highest BCUT2D eigenvalue weighted by atomic mass is 16.2. The van der Waals surface area contributed by atoms with Crippen molar-refractivity contribution in [2.24, 2.45) is 5.92 Å². The summed E-state index contributed by atoms with van der Waals surface area (Å²) in [6.45, 7) is 3.61. The lowest BCUT2D eigenvalue weighted by molar-refractivity contribution is -0.141. The van der Waals surface area contributed by atoms with E-state index >= 15 is 0 Å². The van der Waals surface area contributed by atoms with E-state index in [1.807, 2.05) is 6.92 Å². The molecule has 84 valence electrons. The highest BCUT2D eigenvalue weighted by molar-refractivity contribution is 6.03. The Balaban J connectivity index is 2.07. The summed E-state index contributed by atoms with van der Waals surface area (Å²) in [6.07, 6.45) is 3.60. The third-order valence-corrected chi connectivity index (χ3v) is 3.29. The highest BCUT2D eigenvalue weighted by Crippen LogP contribution is 2.23. The topological polar surface area (TPSA) is 49.4 Å². The number of hydrogen-bond acceptors (Lipinski definition) is 3. The monoisotopic (exact) mass is 210 g/mol. The number of nitrogens with zero attached hydrogens (tertiary/aromatic N) is 1. The van der Waals surface area contributed by atoms with Gasteiger partial charge in [0, 0.05) is 18.9 Å². The molecule has 1 N–H and O–H groups in total.